The van der Waals surface area contributed by atoms with Crippen LogP contribution in [0.1, 0.15) is 151 Å². The zero-order chi connectivity index (χ0) is 65.5. The van der Waals surface area contributed by atoms with Crippen molar-refractivity contribution in [3.63, 3.8) is 0 Å². The van der Waals surface area contributed by atoms with E-state index in [1.54, 1.807) is 52.6 Å². The molecule has 2 amide bonds. The first-order chi connectivity index (χ1) is 42.1. The summed E-state index contributed by atoms with van der Waals surface area (Å²) in [6, 6.07) is 16.0. The molecule has 6 aromatic heterocycles. The van der Waals surface area contributed by atoms with E-state index in [0.29, 0.717) is 36.7 Å². The molecule has 2 saturated heterocycles. The van der Waals surface area contributed by atoms with E-state index in [-0.39, 0.29) is 45.3 Å². The lowest BCUT2D eigenvalue weighted by atomic mass is 9.49. The van der Waals surface area contributed by atoms with E-state index in [1.165, 1.54) is 11.1 Å². The molecule has 2 N–H and O–H groups in total. The number of hydrogen-bond donors (Lipinski definition) is 2. The first kappa shape index (κ1) is 67.1. The van der Waals surface area contributed by atoms with Crippen molar-refractivity contribution >= 4 is 76.6 Å². The number of benzene rings is 2. The lowest BCUT2D eigenvalue weighted by molar-refractivity contribution is 0.00578. The van der Waals surface area contributed by atoms with Crippen molar-refractivity contribution in [2.24, 2.45) is 14.1 Å². The van der Waals surface area contributed by atoms with Crippen LogP contribution in [0.4, 0.5) is 23.3 Å². The number of nitrogens with one attached hydrogen (secondary N) is 2. The van der Waals surface area contributed by atoms with Crippen LogP contribution in [0.2, 0.25) is 5.15 Å². The van der Waals surface area contributed by atoms with Gasteiger partial charge in [0.25, 0.3) is 11.8 Å². The Morgan fingerprint density at radius 2 is 1.00 bits per heavy atom. The van der Waals surface area contributed by atoms with Gasteiger partial charge in [-0.2, -0.15) is 20.4 Å². The smallest absolute Gasteiger partial charge is 0.405 e. The van der Waals surface area contributed by atoms with E-state index >= 15 is 0 Å². The number of fused-ring (bicyclic) bond motifs is 2. The summed E-state index contributed by atoms with van der Waals surface area (Å²) in [5.74, 6) is 1.12. The summed E-state index contributed by atoms with van der Waals surface area (Å²) in [6.07, 6.45) is 15.5. The molecule has 0 aliphatic carbocycles. The van der Waals surface area contributed by atoms with Crippen molar-refractivity contribution < 1.29 is 28.2 Å². The zero-order valence-electron chi connectivity index (χ0n) is 55.1. The highest BCUT2D eigenvalue weighted by molar-refractivity contribution is 9.10. The Bertz CT molecular complexity index is 3820. The molecule has 2 aromatic carbocycles. The number of carbonyl (C=O) groups is 2. The molecule has 8 aromatic rings. The van der Waals surface area contributed by atoms with Gasteiger partial charge in [-0.1, -0.05) is 45.7 Å². The van der Waals surface area contributed by atoms with Crippen LogP contribution in [0.5, 0.6) is 0 Å². The summed E-state index contributed by atoms with van der Waals surface area (Å²) in [6.45, 7) is 35.7. The van der Waals surface area contributed by atoms with Crippen molar-refractivity contribution in [3.8, 4) is 11.3 Å². The van der Waals surface area contributed by atoms with Gasteiger partial charge in [0, 0.05) is 87.9 Å². The predicted molar refractivity (Wildman–Crippen MR) is 355 cm³/mol. The van der Waals surface area contributed by atoms with Gasteiger partial charge in [0.15, 0.2) is 0 Å². The highest BCUT2D eigenvalue weighted by Crippen LogP contribution is 2.43. The number of aryl methyl sites for hydroxylation is 4. The topological polar surface area (TPSA) is 224 Å². The molecule has 0 radical (unpaired) electrons. The normalized spacial score (nSPS) is 17.2. The van der Waals surface area contributed by atoms with Gasteiger partial charge >= 0.3 is 14.0 Å². The maximum atomic E-state index is 13.2. The molecule has 26 heteroatoms. The Morgan fingerprint density at radius 3 is 1.40 bits per heavy atom. The number of rotatable bonds is 10. The third kappa shape index (κ3) is 15.4. The van der Waals surface area contributed by atoms with Gasteiger partial charge in [-0.3, -0.25) is 28.3 Å². The number of anilines is 4. The first-order valence-corrected chi connectivity index (χ1v) is 31.4. The minimum atomic E-state index is -0.476. The van der Waals surface area contributed by atoms with Gasteiger partial charge in [0.05, 0.1) is 97.9 Å². The lowest BCUT2D eigenvalue weighted by Crippen LogP contribution is -2.41. The van der Waals surface area contributed by atoms with E-state index in [2.05, 4.69) is 153 Å². The molecule has 90 heavy (non-hydrogen) atoms. The minimum absolute atomic E-state index is 0.0483. The largest absolute Gasteiger partial charge is 0.488 e. The lowest BCUT2D eigenvalue weighted by Gasteiger charge is -2.32. The van der Waals surface area contributed by atoms with Crippen molar-refractivity contribution in [1.29, 1.82) is 0 Å². The molecule has 0 spiro atoms. The number of hydrogen-bond acceptors (Lipinski definition) is 16. The van der Waals surface area contributed by atoms with Gasteiger partial charge < -0.3 is 39.1 Å². The average molecular weight is 1310 g/mol. The van der Waals surface area contributed by atoms with Crippen LogP contribution in [0.15, 0.2) is 103 Å². The molecule has 12 rings (SSSR count). The number of carbonyl (C=O) groups excluding carboxylic acids is 2. The summed E-state index contributed by atoms with van der Waals surface area (Å²) in [7, 11) is 2.75. The summed E-state index contributed by atoms with van der Waals surface area (Å²) >= 11 is 9.19. The molecule has 0 atom stereocenters. The fourth-order valence-electron chi connectivity index (χ4n) is 10.6. The molecule has 0 saturated carbocycles. The molecule has 476 valence electrons. The van der Waals surface area contributed by atoms with Crippen LogP contribution in [-0.2, 0) is 69.7 Å². The van der Waals surface area contributed by atoms with Crippen LogP contribution in [0.3, 0.4) is 0 Å². The van der Waals surface area contributed by atoms with E-state index in [9.17, 15) is 9.59 Å². The molecule has 2 fully saturated rings. The van der Waals surface area contributed by atoms with Gasteiger partial charge in [-0.25, -0.2) is 19.9 Å². The Hall–Kier alpha value is -7.28. The highest BCUT2D eigenvalue weighted by atomic mass is 79.9. The maximum Gasteiger partial charge on any atom is 0.488 e. The first-order valence-electron chi connectivity index (χ1n) is 30.2. The summed E-state index contributed by atoms with van der Waals surface area (Å²) < 4.78 is 32.3. The monoisotopic (exact) mass is 1310 g/mol. The number of halogens is 2. The quantitative estimate of drug-likeness (QED) is 0.0959. The Kier molecular flexibility index (Phi) is 19.5. The fourth-order valence-corrected chi connectivity index (χ4v) is 11.2. The van der Waals surface area contributed by atoms with Crippen molar-refractivity contribution in [3.05, 3.63) is 153 Å². The van der Waals surface area contributed by atoms with Crippen LogP contribution >= 0.6 is 27.5 Å². The van der Waals surface area contributed by atoms with Crippen molar-refractivity contribution in [2.45, 2.75) is 170 Å². The van der Waals surface area contributed by atoms with Gasteiger partial charge in [-0.05, 0) is 163 Å². The Balaban J connectivity index is 0.000000151. The molecular formula is C64H84B2BrClN16O6. The SMILES string of the molecule is CC1(C)OB(B2OC(C)(C)C(C)(C)O2)OC1(C)C.Cc1cc(-c2ccnc(Nc3cnn(C)c3)n2)ccc1CN1CCc2c(cnn2C(C)(C)C)C1=O.Cc1cc(Br)ccc1CN1CCc2c(cnn2C(C)(C)C)C1=O.Cn1cc(Nc2nccc(Cl)n2)cn1. The molecule has 0 unspecified atom stereocenters. The third-order valence-corrected chi connectivity index (χ3v) is 17.6. The average Bonchev–Trinajstić information content (AvgIpc) is 1.61. The maximum absolute atomic E-state index is 13.2. The summed E-state index contributed by atoms with van der Waals surface area (Å²) in [4.78, 5) is 46.8. The molecule has 22 nitrogen and oxygen atoms in total. The Labute approximate surface area is 542 Å². The molecule has 4 aliphatic rings. The second-order valence-electron chi connectivity index (χ2n) is 27.1. The summed E-state index contributed by atoms with van der Waals surface area (Å²) in [5, 5.41) is 23.7. The fraction of sp³-hybridized carbons (Fsp3) is 0.469. The van der Waals surface area contributed by atoms with E-state index in [4.69, 9.17) is 30.2 Å². The van der Waals surface area contributed by atoms with E-state index < -0.39 is 14.0 Å². The van der Waals surface area contributed by atoms with Crippen LogP contribution in [0.25, 0.3) is 11.3 Å². The molecular weight excluding hydrogens is 1230 g/mol. The van der Waals surface area contributed by atoms with Crippen LogP contribution in [-0.4, -0.2) is 130 Å². The standard InChI is InChI=1S/C26H30N8O.C18H22BrN3O.C12H24B2O4.C8H8ClN5/c1-17-12-18(22-8-10-27-25(31-22)30-20-13-28-32(5)16-20)6-7-19(17)15-33-11-9-23-21(24(33)35)14-29-34(23)26(2,3)4;1-12-9-14(19)6-5-13(12)11-21-8-7-16-15(17(21)23)10-20-22(16)18(2,3)4;1-9(2)10(3,4)16-13(15-9)14-17-11(5,6)12(7,8)18-14;1-14-5-6(4-11-14)12-8-10-3-2-7(9)13-8/h6-8,10,12-14,16H,9,11,15H2,1-5H3,(H,27,30,31);5-6,9-10H,7-8,11H2,1-4H3;1-8H3;2-5H,1H3,(H,10,12,13). The van der Waals surface area contributed by atoms with Gasteiger partial charge in [0.1, 0.15) is 5.15 Å². The highest BCUT2D eigenvalue weighted by Gasteiger charge is 2.63. The van der Waals surface area contributed by atoms with Crippen LogP contribution < -0.4 is 10.6 Å². The summed E-state index contributed by atoms with van der Waals surface area (Å²) in [5.41, 5.74) is 10.00. The van der Waals surface area contributed by atoms with Gasteiger partial charge in [-0.15, -0.1) is 0 Å². The molecule has 4 aliphatic heterocycles. The number of aromatic nitrogens is 12. The number of amides is 2. The predicted octanol–water partition coefficient (Wildman–Crippen LogP) is 11.8. The molecule has 0 bridgehead atoms. The molecule has 10 heterocycles. The second-order valence-corrected chi connectivity index (χ2v) is 28.4. The van der Waals surface area contributed by atoms with Crippen molar-refractivity contribution in [2.75, 3.05) is 23.7 Å². The number of nitrogens with zero attached hydrogens (tertiary/aromatic N) is 14. The van der Waals surface area contributed by atoms with Gasteiger partial charge in [0.2, 0.25) is 11.9 Å². The minimum Gasteiger partial charge on any atom is -0.405 e. The zero-order valence-corrected chi connectivity index (χ0v) is 57.4. The Morgan fingerprint density at radius 1 is 0.578 bits per heavy atom. The van der Waals surface area contributed by atoms with E-state index in [0.717, 1.165) is 80.1 Å². The van der Waals surface area contributed by atoms with Crippen LogP contribution in [0, 0.1) is 13.8 Å². The third-order valence-electron chi connectivity index (χ3n) is 16.9. The second kappa shape index (κ2) is 26.1. The van der Waals surface area contributed by atoms with Crippen molar-refractivity contribution in [1.82, 2.24) is 68.9 Å². The van der Waals surface area contributed by atoms with E-state index in [1.807, 2.05) is 113 Å².